The molecular weight excluding hydrogens is 378 g/mol. The molecule has 2 aromatic rings. The second-order valence-electron chi connectivity index (χ2n) is 7.09. The molecule has 0 bridgehead atoms. The smallest absolute Gasteiger partial charge is 0.348 e. The SMILES string of the molecule is COC(=O)[C@H]1CN(S(=O)(=O)c2c(C)c(C)c(C)c(C)c2C)c2ccccc2O1. The number of methoxy groups -OCH3 is 1. The van der Waals surface area contributed by atoms with Crippen molar-refractivity contribution in [1.82, 2.24) is 0 Å². The van der Waals surface area contributed by atoms with Gasteiger partial charge >= 0.3 is 5.97 Å². The fourth-order valence-corrected chi connectivity index (χ4v) is 5.69. The third-order valence-electron chi connectivity index (χ3n) is 5.68. The van der Waals surface area contributed by atoms with Gasteiger partial charge < -0.3 is 9.47 Å². The second kappa shape index (κ2) is 7.13. The minimum atomic E-state index is -3.93. The number of carbonyl (C=O) groups excluding carboxylic acids is 1. The predicted octanol–water partition coefficient (Wildman–Crippen LogP) is 3.36. The molecule has 0 aromatic heterocycles. The minimum absolute atomic E-state index is 0.142. The van der Waals surface area contributed by atoms with E-state index in [2.05, 4.69) is 0 Å². The molecular formula is C21H25NO5S. The number of hydrogen-bond donors (Lipinski definition) is 0. The van der Waals surface area contributed by atoms with Crippen LogP contribution in [-0.4, -0.2) is 34.1 Å². The number of esters is 1. The molecule has 0 saturated carbocycles. The second-order valence-corrected chi connectivity index (χ2v) is 8.89. The minimum Gasteiger partial charge on any atom is -0.475 e. The standard InChI is InChI=1S/C21H25NO5S/c1-12-13(2)15(4)20(16(5)14(12)3)28(24,25)22-11-19(21(23)26-6)27-18-10-8-7-9-17(18)22/h7-10,19H,11H2,1-6H3/t19-/m1/s1. The monoisotopic (exact) mass is 403 g/mol. The van der Waals surface area contributed by atoms with E-state index in [1.807, 2.05) is 34.6 Å². The third kappa shape index (κ3) is 3.03. The van der Waals surface area contributed by atoms with Crippen molar-refractivity contribution in [2.75, 3.05) is 18.0 Å². The molecule has 0 aliphatic carbocycles. The molecule has 0 radical (unpaired) electrons. The zero-order chi connectivity index (χ0) is 20.8. The summed E-state index contributed by atoms with van der Waals surface area (Å²) in [5.41, 5.74) is 4.85. The van der Waals surface area contributed by atoms with Crippen LogP contribution >= 0.6 is 0 Å². The van der Waals surface area contributed by atoms with Crippen molar-refractivity contribution in [3.8, 4) is 5.75 Å². The van der Waals surface area contributed by atoms with Gasteiger partial charge in [-0.05, 0) is 74.6 Å². The Balaban J connectivity index is 2.23. The molecule has 1 aliphatic rings. The number of hydrogen-bond acceptors (Lipinski definition) is 5. The van der Waals surface area contributed by atoms with Crippen LogP contribution in [0.2, 0.25) is 0 Å². The van der Waals surface area contributed by atoms with E-state index in [4.69, 9.17) is 9.47 Å². The Kier molecular flexibility index (Phi) is 5.14. The molecule has 1 atom stereocenters. The summed E-state index contributed by atoms with van der Waals surface area (Å²) in [7, 11) is -2.67. The molecule has 0 amide bonds. The van der Waals surface area contributed by atoms with Gasteiger partial charge in [0.05, 0.1) is 24.2 Å². The maximum absolute atomic E-state index is 13.8. The molecule has 150 valence electrons. The molecule has 3 rings (SSSR count). The van der Waals surface area contributed by atoms with Gasteiger partial charge in [-0.15, -0.1) is 0 Å². The van der Waals surface area contributed by atoms with E-state index in [1.165, 1.54) is 11.4 Å². The molecule has 0 fully saturated rings. The number of nitrogens with zero attached hydrogens (tertiary/aromatic N) is 1. The van der Waals surface area contributed by atoms with Gasteiger partial charge in [-0.3, -0.25) is 4.31 Å². The van der Waals surface area contributed by atoms with Crippen LogP contribution in [0, 0.1) is 34.6 Å². The number of carbonyl (C=O) groups is 1. The Bertz CT molecular complexity index is 1030. The first kappa shape index (κ1) is 20.2. The summed E-state index contributed by atoms with van der Waals surface area (Å²) < 4.78 is 39.3. The van der Waals surface area contributed by atoms with E-state index in [-0.39, 0.29) is 11.4 Å². The molecule has 0 spiro atoms. The average Bonchev–Trinajstić information content (AvgIpc) is 2.69. The van der Waals surface area contributed by atoms with Crippen LogP contribution in [0.15, 0.2) is 29.2 Å². The van der Waals surface area contributed by atoms with Crippen LogP contribution in [0.3, 0.4) is 0 Å². The average molecular weight is 404 g/mol. The Hall–Kier alpha value is -2.54. The van der Waals surface area contributed by atoms with Crippen molar-refractivity contribution in [3.63, 3.8) is 0 Å². The Morgan fingerprint density at radius 3 is 2.11 bits per heavy atom. The molecule has 1 aliphatic heterocycles. The first-order chi connectivity index (χ1) is 13.1. The summed E-state index contributed by atoms with van der Waals surface area (Å²) in [6, 6.07) is 6.81. The molecule has 7 heteroatoms. The summed E-state index contributed by atoms with van der Waals surface area (Å²) in [5.74, 6) is -0.275. The number of ether oxygens (including phenoxy) is 2. The number of fused-ring (bicyclic) bond motifs is 1. The summed E-state index contributed by atoms with van der Waals surface area (Å²) in [6.07, 6.45) is -1.03. The van der Waals surface area contributed by atoms with Gasteiger partial charge in [0.1, 0.15) is 5.75 Å². The van der Waals surface area contributed by atoms with E-state index < -0.39 is 22.1 Å². The Morgan fingerprint density at radius 1 is 1.00 bits per heavy atom. The number of para-hydroxylation sites is 2. The molecule has 0 N–H and O–H groups in total. The summed E-state index contributed by atoms with van der Waals surface area (Å²) >= 11 is 0. The molecule has 28 heavy (non-hydrogen) atoms. The molecule has 0 unspecified atom stereocenters. The fourth-order valence-electron chi connectivity index (χ4n) is 3.65. The van der Waals surface area contributed by atoms with Gasteiger partial charge in [-0.2, -0.15) is 0 Å². The molecule has 1 heterocycles. The van der Waals surface area contributed by atoms with Gasteiger partial charge in [0.25, 0.3) is 10.0 Å². The van der Waals surface area contributed by atoms with Gasteiger partial charge in [0, 0.05) is 0 Å². The molecule has 0 saturated heterocycles. The number of anilines is 1. The maximum Gasteiger partial charge on any atom is 0.348 e. The number of rotatable bonds is 3. The topological polar surface area (TPSA) is 72.9 Å². The highest BCUT2D eigenvalue weighted by Gasteiger charge is 2.39. The lowest BCUT2D eigenvalue weighted by Crippen LogP contribution is -2.47. The first-order valence-corrected chi connectivity index (χ1v) is 10.5. The van der Waals surface area contributed by atoms with Crippen molar-refractivity contribution < 1.29 is 22.7 Å². The van der Waals surface area contributed by atoms with E-state index in [0.29, 0.717) is 11.4 Å². The van der Waals surface area contributed by atoms with Crippen LogP contribution in [0.5, 0.6) is 5.75 Å². The summed E-state index contributed by atoms with van der Waals surface area (Å²) in [5, 5.41) is 0. The van der Waals surface area contributed by atoms with Gasteiger partial charge in [0.15, 0.2) is 0 Å². The van der Waals surface area contributed by atoms with Crippen molar-refractivity contribution in [2.45, 2.75) is 45.6 Å². The number of sulfonamides is 1. The van der Waals surface area contributed by atoms with Crippen molar-refractivity contribution in [2.24, 2.45) is 0 Å². The lowest BCUT2D eigenvalue weighted by atomic mass is 9.95. The lowest BCUT2D eigenvalue weighted by Gasteiger charge is -2.35. The fraction of sp³-hybridized carbons (Fsp3) is 0.381. The Labute approximate surface area is 166 Å². The van der Waals surface area contributed by atoms with Crippen molar-refractivity contribution >= 4 is 21.7 Å². The van der Waals surface area contributed by atoms with E-state index >= 15 is 0 Å². The van der Waals surface area contributed by atoms with Gasteiger partial charge in [-0.25, -0.2) is 13.2 Å². The zero-order valence-electron chi connectivity index (χ0n) is 17.0. The summed E-state index contributed by atoms with van der Waals surface area (Å²) in [4.78, 5) is 12.4. The normalized spacial score (nSPS) is 16.4. The zero-order valence-corrected chi connectivity index (χ0v) is 17.8. The van der Waals surface area contributed by atoms with Crippen LogP contribution < -0.4 is 9.04 Å². The van der Waals surface area contributed by atoms with Crippen LogP contribution in [0.25, 0.3) is 0 Å². The van der Waals surface area contributed by atoms with E-state index in [9.17, 15) is 13.2 Å². The van der Waals surface area contributed by atoms with Crippen molar-refractivity contribution in [3.05, 3.63) is 52.1 Å². The van der Waals surface area contributed by atoms with Crippen molar-refractivity contribution in [1.29, 1.82) is 0 Å². The summed E-state index contributed by atoms with van der Waals surface area (Å²) in [6.45, 7) is 9.37. The van der Waals surface area contributed by atoms with Crippen LogP contribution in [-0.2, 0) is 19.6 Å². The predicted molar refractivity (Wildman–Crippen MR) is 108 cm³/mol. The molecule has 2 aromatic carbocycles. The lowest BCUT2D eigenvalue weighted by molar-refractivity contribution is -0.148. The van der Waals surface area contributed by atoms with E-state index in [1.54, 1.807) is 24.3 Å². The Morgan fingerprint density at radius 2 is 1.54 bits per heavy atom. The molecule has 6 nitrogen and oxygen atoms in total. The first-order valence-electron chi connectivity index (χ1n) is 9.04. The van der Waals surface area contributed by atoms with Gasteiger partial charge in [-0.1, -0.05) is 12.1 Å². The number of benzene rings is 2. The highest BCUT2D eigenvalue weighted by Crippen LogP contribution is 2.39. The largest absolute Gasteiger partial charge is 0.475 e. The quantitative estimate of drug-likeness (QED) is 0.735. The van der Waals surface area contributed by atoms with E-state index in [0.717, 1.165) is 27.8 Å². The third-order valence-corrected chi connectivity index (χ3v) is 7.73. The highest BCUT2D eigenvalue weighted by molar-refractivity contribution is 7.93. The highest BCUT2D eigenvalue weighted by atomic mass is 32.2. The van der Waals surface area contributed by atoms with Gasteiger partial charge in [0.2, 0.25) is 6.10 Å². The van der Waals surface area contributed by atoms with Crippen LogP contribution in [0.1, 0.15) is 27.8 Å². The maximum atomic E-state index is 13.8. The van der Waals surface area contributed by atoms with Crippen LogP contribution in [0.4, 0.5) is 5.69 Å².